The van der Waals surface area contributed by atoms with E-state index in [-0.39, 0.29) is 5.97 Å². The number of rotatable bonds is 7. The number of hydrogen-bond acceptors (Lipinski definition) is 4. The molecule has 4 nitrogen and oxygen atoms in total. The van der Waals surface area contributed by atoms with Gasteiger partial charge in [0.2, 0.25) is 0 Å². The van der Waals surface area contributed by atoms with Crippen molar-refractivity contribution in [2.45, 2.75) is 25.7 Å². The number of methoxy groups -OCH3 is 1. The zero-order valence-corrected chi connectivity index (χ0v) is 12.5. The van der Waals surface area contributed by atoms with E-state index in [1.807, 2.05) is 12.1 Å². The first-order valence-corrected chi connectivity index (χ1v) is 6.97. The molecule has 0 radical (unpaired) electrons. The normalized spacial score (nSPS) is 9.74. The predicted molar refractivity (Wildman–Crippen MR) is 77.8 cm³/mol. The van der Waals surface area contributed by atoms with Crippen molar-refractivity contribution in [3.05, 3.63) is 28.2 Å². The van der Waals surface area contributed by atoms with Gasteiger partial charge in [0.25, 0.3) is 0 Å². The van der Waals surface area contributed by atoms with Gasteiger partial charge >= 0.3 is 5.97 Å². The lowest BCUT2D eigenvalue weighted by Crippen LogP contribution is -2.04. The highest BCUT2D eigenvalue weighted by Crippen LogP contribution is 2.20. The molecule has 0 bridgehead atoms. The van der Waals surface area contributed by atoms with Crippen molar-refractivity contribution in [1.82, 2.24) is 0 Å². The molecule has 0 aliphatic heterocycles. The number of nitrogens with zero attached hydrogens (tertiary/aromatic N) is 1. The van der Waals surface area contributed by atoms with Gasteiger partial charge in [0.05, 0.1) is 18.4 Å². The van der Waals surface area contributed by atoms with Crippen molar-refractivity contribution in [3.63, 3.8) is 0 Å². The zero-order chi connectivity index (χ0) is 14.1. The van der Waals surface area contributed by atoms with E-state index in [9.17, 15) is 4.79 Å². The third kappa shape index (κ3) is 5.75. The van der Waals surface area contributed by atoms with Crippen molar-refractivity contribution in [1.29, 1.82) is 5.26 Å². The molecular weight excluding hydrogens is 308 g/mol. The molecule has 5 heteroatoms. The average Bonchev–Trinajstić information content (AvgIpc) is 2.42. The summed E-state index contributed by atoms with van der Waals surface area (Å²) >= 11 is 3.38. The lowest BCUT2D eigenvalue weighted by Gasteiger charge is -2.08. The quantitative estimate of drug-likeness (QED) is 0.616. The van der Waals surface area contributed by atoms with E-state index in [4.69, 9.17) is 5.26 Å². The molecule has 1 rings (SSSR count). The minimum atomic E-state index is -0.160. The molecule has 19 heavy (non-hydrogen) atoms. The van der Waals surface area contributed by atoms with E-state index in [0.717, 1.165) is 36.0 Å². The molecule has 0 saturated carbocycles. The molecule has 0 spiro atoms. The van der Waals surface area contributed by atoms with Crippen LogP contribution in [-0.2, 0) is 9.53 Å². The van der Waals surface area contributed by atoms with E-state index in [1.54, 1.807) is 6.07 Å². The molecule has 0 unspecified atom stereocenters. The molecule has 1 aromatic rings. The summed E-state index contributed by atoms with van der Waals surface area (Å²) in [7, 11) is 1.40. The van der Waals surface area contributed by atoms with Crippen molar-refractivity contribution in [2.75, 3.05) is 19.0 Å². The molecule has 0 aliphatic carbocycles. The average molecular weight is 325 g/mol. The van der Waals surface area contributed by atoms with Crippen LogP contribution in [0.1, 0.15) is 31.2 Å². The lowest BCUT2D eigenvalue weighted by molar-refractivity contribution is -0.140. The minimum absolute atomic E-state index is 0.160. The van der Waals surface area contributed by atoms with Crippen LogP contribution in [0.3, 0.4) is 0 Å². The largest absolute Gasteiger partial charge is 0.469 e. The number of hydrogen-bond donors (Lipinski definition) is 1. The van der Waals surface area contributed by atoms with Crippen LogP contribution >= 0.6 is 15.9 Å². The molecule has 0 heterocycles. The van der Waals surface area contributed by atoms with Crippen molar-refractivity contribution >= 4 is 27.6 Å². The molecule has 0 saturated heterocycles. The standard InChI is InChI=1S/C14H17BrN2O2/c1-19-14(18)5-3-2-4-8-17-13-9-12(15)7-6-11(13)10-16/h6-7,9,17H,2-5,8H2,1H3. The van der Waals surface area contributed by atoms with E-state index >= 15 is 0 Å². The summed E-state index contributed by atoms with van der Waals surface area (Å²) in [5, 5.41) is 12.2. The van der Waals surface area contributed by atoms with E-state index in [1.165, 1.54) is 7.11 Å². The summed E-state index contributed by atoms with van der Waals surface area (Å²) in [4.78, 5) is 10.9. The highest BCUT2D eigenvalue weighted by molar-refractivity contribution is 9.10. The van der Waals surface area contributed by atoms with Crippen LogP contribution in [0.4, 0.5) is 5.69 Å². The van der Waals surface area contributed by atoms with Crippen LogP contribution in [0.25, 0.3) is 0 Å². The highest BCUT2D eigenvalue weighted by atomic mass is 79.9. The van der Waals surface area contributed by atoms with Gasteiger partial charge in [-0.15, -0.1) is 0 Å². The monoisotopic (exact) mass is 324 g/mol. The van der Waals surface area contributed by atoms with Crippen LogP contribution in [0.15, 0.2) is 22.7 Å². The van der Waals surface area contributed by atoms with Crippen LogP contribution < -0.4 is 5.32 Å². The van der Waals surface area contributed by atoms with Gasteiger partial charge in [-0.1, -0.05) is 22.4 Å². The molecule has 0 atom stereocenters. The first-order chi connectivity index (χ1) is 9.17. The van der Waals surface area contributed by atoms with Gasteiger partial charge in [-0.05, 0) is 31.0 Å². The van der Waals surface area contributed by atoms with Crippen molar-refractivity contribution in [3.8, 4) is 6.07 Å². The van der Waals surface area contributed by atoms with E-state index < -0.39 is 0 Å². The maximum absolute atomic E-state index is 10.9. The Balaban J connectivity index is 2.28. The summed E-state index contributed by atoms with van der Waals surface area (Å²) in [6.07, 6.45) is 3.21. The molecule has 1 aromatic carbocycles. The van der Waals surface area contributed by atoms with Gasteiger partial charge in [-0.2, -0.15) is 5.26 Å². The molecule has 1 N–H and O–H groups in total. The molecule has 102 valence electrons. The number of ether oxygens (including phenoxy) is 1. The Morgan fingerprint density at radius 1 is 1.42 bits per heavy atom. The van der Waals surface area contributed by atoms with Crippen LogP contribution in [0.5, 0.6) is 0 Å². The number of nitrogens with one attached hydrogen (secondary N) is 1. The third-order valence-electron chi connectivity index (χ3n) is 2.70. The van der Waals surface area contributed by atoms with Gasteiger partial charge in [-0.25, -0.2) is 0 Å². The Hall–Kier alpha value is -1.54. The number of nitriles is 1. The number of carbonyl (C=O) groups is 1. The van der Waals surface area contributed by atoms with Crippen LogP contribution in [-0.4, -0.2) is 19.6 Å². The Morgan fingerprint density at radius 2 is 2.21 bits per heavy atom. The minimum Gasteiger partial charge on any atom is -0.469 e. The fourth-order valence-electron chi connectivity index (χ4n) is 1.66. The van der Waals surface area contributed by atoms with E-state index in [0.29, 0.717) is 12.0 Å². The fourth-order valence-corrected chi connectivity index (χ4v) is 2.02. The zero-order valence-electron chi connectivity index (χ0n) is 10.9. The SMILES string of the molecule is COC(=O)CCCCCNc1cc(Br)ccc1C#N. The Kier molecular flexibility index (Phi) is 6.98. The summed E-state index contributed by atoms with van der Waals surface area (Å²) in [5.41, 5.74) is 1.47. The van der Waals surface area contributed by atoms with Crippen LogP contribution in [0.2, 0.25) is 0 Å². The lowest BCUT2D eigenvalue weighted by atomic mass is 10.1. The first-order valence-electron chi connectivity index (χ1n) is 6.17. The predicted octanol–water partition coefficient (Wildman–Crippen LogP) is 3.47. The van der Waals surface area contributed by atoms with Gasteiger partial charge in [0.1, 0.15) is 6.07 Å². The molecule has 0 fully saturated rings. The van der Waals surface area contributed by atoms with Gasteiger partial charge in [0.15, 0.2) is 0 Å². The van der Waals surface area contributed by atoms with Crippen LogP contribution in [0, 0.1) is 11.3 Å². The maximum Gasteiger partial charge on any atom is 0.305 e. The highest BCUT2D eigenvalue weighted by Gasteiger charge is 2.02. The molecule has 0 aromatic heterocycles. The smallest absolute Gasteiger partial charge is 0.305 e. The number of esters is 1. The maximum atomic E-state index is 10.9. The van der Waals surface area contributed by atoms with Crippen molar-refractivity contribution in [2.24, 2.45) is 0 Å². The molecular formula is C14H17BrN2O2. The Morgan fingerprint density at radius 3 is 2.89 bits per heavy atom. The number of halogens is 1. The fraction of sp³-hybridized carbons (Fsp3) is 0.429. The first kappa shape index (κ1) is 15.5. The summed E-state index contributed by atoms with van der Waals surface area (Å²) in [5.74, 6) is -0.160. The van der Waals surface area contributed by atoms with Gasteiger partial charge in [-0.3, -0.25) is 4.79 Å². The number of anilines is 1. The number of carbonyl (C=O) groups excluding carboxylic acids is 1. The Bertz CT molecular complexity index is 469. The number of unbranched alkanes of at least 4 members (excludes halogenated alkanes) is 2. The third-order valence-corrected chi connectivity index (χ3v) is 3.20. The second-order valence-electron chi connectivity index (χ2n) is 4.12. The second kappa shape index (κ2) is 8.54. The van der Waals surface area contributed by atoms with Gasteiger partial charge in [0, 0.05) is 17.4 Å². The topological polar surface area (TPSA) is 62.1 Å². The number of benzene rings is 1. The van der Waals surface area contributed by atoms with E-state index in [2.05, 4.69) is 32.1 Å². The Labute approximate surface area is 121 Å². The summed E-state index contributed by atoms with van der Waals surface area (Å²) in [6.45, 7) is 0.784. The summed E-state index contributed by atoms with van der Waals surface area (Å²) < 4.78 is 5.52. The molecule has 0 amide bonds. The second-order valence-corrected chi connectivity index (χ2v) is 5.03. The summed E-state index contributed by atoms with van der Waals surface area (Å²) in [6, 6.07) is 7.68. The van der Waals surface area contributed by atoms with Gasteiger partial charge < -0.3 is 10.1 Å². The van der Waals surface area contributed by atoms with Crippen molar-refractivity contribution < 1.29 is 9.53 Å². The molecule has 0 aliphatic rings.